The van der Waals surface area contributed by atoms with Gasteiger partial charge in [-0.05, 0) is 44.1 Å². The van der Waals surface area contributed by atoms with Crippen molar-refractivity contribution in [1.29, 1.82) is 0 Å². The maximum Gasteiger partial charge on any atom is 0.212 e. The molecule has 1 heterocycles. The predicted octanol–water partition coefficient (Wildman–Crippen LogP) is 4.49. The van der Waals surface area contributed by atoms with Crippen molar-refractivity contribution < 1.29 is 9.30 Å². The number of ether oxygens (including phenoxy) is 1. The van der Waals surface area contributed by atoms with Crippen molar-refractivity contribution in [2.45, 2.75) is 33.7 Å². The van der Waals surface area contributed by atoms with E-state index < -0.39 is 0 Å². The van der Waals surface area contributed by atoms with Crippen molar-refractivity contribution in [3.05, 3.63) is 60.0 Å². The van der Waals surface area contributed by atoms with Gasteiger partial charge in [0.05, 0.1) is 12.9 Å². The second-order valence-electron chi connectivity index (χ2n) is 4.90. The third-order valence-corrected chi connectivity index (χ3v) is 3.57. The molecule has 2 heteroatoms. The Morgan fingerprint density at radius 3 is 2.62 bits per heavy atom. The molecule has 2 nitrogen and oxygen atoms in total. The van der Waals surface area contributed by atoms with Gasteiger partial charge in [0.1, 0.15) is 6.54 Å². The maximum atomic E-state index is 5.38. The quantitative estimate of drug-likeness (QED) is 0.432. The van der Waals surface area contributed by atoms with Crippen LogP contribution in [0, 0.1) is 0 Å². The molecule has 0 aliphatic heterocycles. The first-order chi connectivity index (χ1) is 10.3. The number of aromatic nitrogens is 1. The molecule has 2 rings (SSSR count). The maximum absolute atomic E-state index is 5.38. The standard InChI is InChI=1S/C19H24NO/c1-4-16(15-21-6-3)11-13-18-14-12-17-9-7-8-10-19(17)20(18)5-2/h7-15H,4-6H2,1-3H3/q+1/b13-11+,16-15+. The Morgan fingerprint density at radius 2 is 1.90 bits per heavy atom. The lowest BCUT2D eigenvalue weighted by molar-refractivity contribution is -0.669. The molecule has 0 atom stereocenters. The Bertz CT molecular complexity index is 656. The topological polar surface area (TPSA) is 13.1 Å². The van der Waals surface area contributed by atoms with Crippen molar-refractivity contribution in [2.75, 3.05) is 6.61 Å². The van der Waals surface area contributed by atoms with E-state index in [4.69, 9.17) is 4.74 Å². The van der Waals surface area contributed by atoms with E-state index in [1.54, 1.807) is 0 Å². The molecule has 1 aromatic carbocycles. The molecular formula is C19H24NO+. The summed E-state index contributed by atoms with van der Waals surface area (Å²) in [5, 5.41) is 1.28. The number of aryl methyl sites for hydroxylation is 1. The second kappa shape index (κ2) is 7.63. The monoisotopic (exact) mass is 282 g/mol. The largest absolute Gasteiger partial charge is 0.501 e. The first kappa shape index (κ1) is 15.3. The number of hydrogen-bond acceptors (Lipinski definition) is 1. The normalized spacial score (nSPS) is 12.2. The highest BCUT2D eigenvalue weighted by molar-refractivity contribution is 5.76. The molecular weight excluding hydrogens is 258 g/mol. The summed E-state index contributed by atoms with van der Waals surface area (Å²) in [7, 11) is 0. The van der Waals surface area contributed by atoms with Gasteiger partial charge in [0, 0.05) is 23.6 Å². The Hall–Kier alpha value is -2.09. The molecule has 0 spiro atoms. The van der Waals surface area contributed by atoms with Crippen LogP contribution in [0.5, 0.6) is 0 Å². The van der Waals surface area contributed by atoms with Gasteiger partial charge >= 0.3 is 0 Å². The van der Waals surface area contributed by atoms with Gasteiger partial charge in [-0.1, -0.05) is 19.1 Å². The number of nitrogens with zero attached hydrogens (tertiary/aromatic N) is 1. The summed E-state index contributed by atoms with van der Waals surface area (Å²) < 4.78 is 7.71. The minimum absolute atomic E-state index is 0.711. The van der Waals surface area contributed by atoms with Gasteiger partial charge in [0.15, 0.2) is 0 Å². The fourth-order valence-electron chi connectivity index (χ4n) is 2.40. The molecule has 2 aromatic rings. The van der Waals surface area contributed by atoms with E-state index in [0.717, 1.165) is 13.0 Å². The summed E-state index contributed by atoms with van der Waals surface area (Å²) in [6, 6.07) is 12.9. The lowest BCUT2D eigenvalue weighted by Crippen LogP contribution is -2.36. The molecule has 0 N–H and O–H groups in total. The van der Waals surface area contributed by atoms with Crippen molar-refractivity contribution in [3.63, 3.8) is 0 Å². The minimum atomic E-state index is 0.711. The van der Waals surface area contributed by atoms with E-state index in [9.17, 15) is 0 Å². The summed E-state index contributed by atoms with van der Waals surface area (Å²) in [5.74, 6) is 0. The third kappa shape index (κ3) is 3.72. The highest BCUT2D eigenvalue weighted by Crippen LogP contribution is 2.13. The molecule has 0 fully saturated rings. The van der Waals surface area contributed by atoms with E-state index in [2.05, 4.69) is 67.0 Å². The van der Waals surface area contributed by atoms with Gasteiger partial charge < -0.3 is 4.74 Å². The van der Waals surface area contributed by atoms with Crippen LogP contribution in [0.4, 0.5) is 0 Å². The highest BCUT2D eigenvalue weighted by Gasteiger charge is 2.10. The van der Waals surface area contributed by atoms with Gasteiger partial charge in [-0.15, -0.1) is 0 Å². The van der Waals surface area contributed by atoms with Crippen molar-refractivity contribution in [3.8, 4) is 0 Å². The van der Waals surface area contributed by atoms with E-state index in [-0.39, 0.29) is 0 Å². The van der Waals surface area contributed by atoms with Crippen molar-refractivity contribution >= 4 is 17.0 Å². The first-order valence-electron chi connectivity index (χ1n) is 7.70. The second-order valence-corrected chi connectivity index (χ2v) is 4.90. The Morgan fingerprint density at radius 1 is 1.10 bits per heavy atom. The molecule has 110 valence electrons. The smallest absolute Gasteiger partial charge is 0.212 e. The van der Waals surface area contributed by atoms with Crippen LogP contribution < -0.4 is 4.57 Å². The van der Waals surface area contributed by atoms with Crippen LogP contribution in [0.2, 0.25) is 0 Å². The van der Waals surface area contributed by atoms with Gasteiger partial charge in [0.2, 0.25) is 11.2 Å². The number of para-hydroxylation sites is 1. The Kier molecular flexibility index (Phi) is 5.56. The average molecular weight is 282 g/mol. The van der Waals surface area contributed by atoms with E-state index in [1.165, 1.54) is 22.2 Å². The fraction of sp³-hybridized carbons (Fsp3) is 0.316. The SMILES string of the molecule is CCO/C=C(/C=C/c1ccc2ccccc2[n+]1CC)CC. The lowest BCUT2D eigenvalue weighted by Gasteiger charge is -2.03. The van der Waals surface area contributed by atoms with Gasteiger partial charge in [-0.3, -0.25) is 0 Å². The fourth-order valence-corrected chi connectivity index (χ4v) is 2.40. The van der Waals surface area contributed by atoms with Gasteiger partial charge in [-0.25, -0.2) is 0 Å². The van der Waals surface area contributed by atoms with Gasteiger partial charge in [-0.2, -0.15) is 4.57 Å². The molecule has 0 radical (unpaired) electrons. The minimum Gasteiger partial charge on any atom is -0.501 e. The van der Waals surface area contributed by atoms with Crippen LogP contribution >= 0.6 is 0 Å². The summed E-state index contributed by atoms with van der Waals surface area (Å²) in [5.41, 5.74) is 3.69. The van der Waals surface area contributed by atoms with E-state index in [1.807, 2.05) is 13.2 Å². The summed E-state index contributed by atoms with van der Waals surface area (Å²) in [6.07, 6.45) is 7.14. The number of fused-ring (bicyclic) bond motifs is 1. The zero-order chi connectivity index (χ0) is 15.1. The van der Waals surface area contributed by atoms with Crippen molar-refractivity contribution in [2.24, 2.45) is 0 Å². The zero-order valence-electron chi connectivity index (χ0n) is 13.2. The number of benzene rings is 1. The third-order valence-electron chi connectivity index (χ3n) is 3.57. The van der Waals surface area contributed by atoms with Crippen LogP contribution in [0.3, 0.4) is 0 Å². The van der Waals surface area contributed by atoms with Crippen LogP contribution in [0.25, 0.3) is 17.0 Å². The molecule has 21 heavy (non-hydrogen) atoms. The molecule has 0 amide bonds. The summed E-state index contributed by atoms with van der Waals surface area (Å²) in [4.78, 5) is 0. The van der Waals surface area contributed by atoms with Gasteiger partial charge in [0.25, 0.3) is 0 Å². The Labute approximate surface area is 127 Å². The number of hydrogen-bond donors (Lipinski definition) is 0. The molecule has 0 saturated carbocycles. The van der Waals surface area contributed by atoms with Crippen LogP contribution in [0.1, 0.15) is 32.9 Å². The number of rotatable bonds is 6. The molecule has 0 saturated heterocycles. The predicted molar refractivity (Wildman–Crippen MR) is 88.9 cm³/mol. The summed E-state index contributed by atoms with van der Waals surface area (Å²) >= 11 is 0. The molecule has 0 aliphatic carbocycles. The van der Waals surface area contributed by atoms with Crippen LogP contribution in [0.15, 0.2) is 54.3 Å². The number of allylic oxidation sites excluding steroid dienone is 2. The average Bonchev–Trinajstić information content (AvgIpc) is 2.54. The van der Waals surface area contributed by atoms with Crippen LogP contribution in [-0.4, -0.2) is 6.61 Å². The molecule has 1 aromatic heterocycles. The molecule has 0 aliphatic rings. The zero-order valence-corrected chi connectivity index (χ0v) is 13.2. The first-order valence-corrected chi connectivity index (χ1v) is 7.70. The van der Waals surface area contributed by atoms with E-state index in [0.29, 0.717) is 6.61 Å². The molecule has 0 unspecified atom stereocenters. The Balaban J connectivity index is 2.37. The lowest BCUT2D eigenvalue weighted by atomic mass is 10.1. The molecule has 0 bridgehead atoms. The highest BCUT2D eigenvalue weighted by atomic mass is 16.5. The summed E-state index contributed by atoms with van der Waals surface area (Å²) in [6.45, 7) is 7.99. The number of pyridine rings is 1. The van der Waals surface area contributed by atoms with E-state index >= 15 is 0 Å². The van der Waals surface area contributed by atoms with Crippen LogP contribution in [-0.2, 0) is 11.3 Å². The van der Waals surface area contributed by atoms with Crippen molar-refractivity contribution in [1.82, 2.24) is 0 Å².